The Hall–Kier alpha value is -0.220. The van der Waals surface area contributed by atoms with Gasteiger partial charge < -0.3 is 5.73 Å². The summed E-state index contributed by atoms with van der Waals surface area (Å²) in [6.07, 6.45) is 1.62. The summed E-state index contributed by atoms with van der Waals surface area (Å²) in [6, 6.07) is 1.69. The molecular weight excluding hydrogens is 200 g/mol. The first kappa shape index (κ1) is 6.89. The zero-order valence-electron chi connectivity index (χ0n) is 4.50. The van der Waals surface area contributed by atoms with E-state index in [9.17, 15) is 0 Å². The number of hydrogen-bond donors (Lipinski definition) is 2. The van der Waals surface area contributed by atoms with E-state index < -0.39 is 0 Å². The van der Waals surface area contributed by atoms with Crippen molar-refractivity contribution < 1.29 is 0 Å². The maximum atomic E-state index is 5.35. The summed E-state index contributed by atoms with van der Waals surface area (Å²) in [5.41, 5.74) is 5.35. The lowest BCUT2D eigenvalue weighted by Crippen LogP contribution is -1.88. The van der Waals surface area contributed by atoms with Gasteiger partial charge in [-0.25, -0.2) is 4.98 Å². The van der Waals surface area contributed by atoms with Gasteiger partial charge in [0.25, 0.3) is 0 Å². The monoisotopic (exact) mass is 204 g/mol. The summed E-state index contributed by atoms with van der Waals surface area (Å²) in [4.78, 5) is 4.63. The van der Waals surface area contributed by atoms with Crippen molar-refractivity contribution in [2.24, 2.45) is 0 Å². The van der Waals surface area contributed by atoms with Crippen LogP contribution in [-0.4, -0.2) is 4.98 Å². The number of aromatic nitrogens is 1. The van der Waals surface area contributed by atoms with Gasteiger partial charge >= 0.3 is 0 Å². The Kier molecular flexibility index (Phi) is 1.97. The van der Waals surface area contributed by atoms with Crippen molar-refractivity contribution in [3.63, 3.8) is 0 Å². The lowest BCUT2D eigenvalue weighted by Gasteiger charge is -1.95. The molecule has 0 amide bonds. The number of hydrogen-bond acceptors (Lipinski definition) is 3. The number of thiol groups is 1. The standard InChI is InChI=1S/C5H5BrN2S/c6-3-2-8-5(7)1-4(3)9/h1-2H,(H3,7,8,9). The summed E-state index contributed by atoms with van der Waals surface area (Å²) < 4.78 is 0.861. The molecule has 0 spiro atoms. The zero-order chi connectivity index (χ0) is 6.85. The minimum atomic E-state index is 0.489. The largest absolute Gasteiger partial charge is 0.384 e. The Labute approximate surface area is 67.0 Å². The van der Waals surface area contributed by atoms with Crippen LogP contribution in [0.5, 0.6) is 0 Å². The highest BCUT2D eigenvalue weighted by molar-refractivity contribution is 9.10. The summed E-state index contributed by atoms with van der Waals surface area (Å²) in [5, 5.41) is 0. The molecule has 0 aliphatic carbocycles. The second-order valence-corrected chi connectivity index (χ2v) is 2.90. The van der Waals surface area contributed by atoms with Gasteiger partial charge in [0.15, 0.2) is 0 Å². The van der Waals surface area contributed by atoms with E-state index in [-0.39, 0.29) is 0 Å². The lowest BCUT2D eigenvalue weighted by atomic mass is 10.5. The smallest absolute Gasteiger partial charge is 0.124 e. The minimum Gasteiger partial charge on any atom is -0.384 e. The topological polar surface area (TPSA) is 38.9 Å². The van der Waals surface area contributed by atoms with Crippen molar-refractivity contribution in [3.05, 3.63) is 16.7 Å². The van der Waals surface area contributed by atoms with Crippen molar-refractivity contribution in [1.29, 1.82) is 0 Å². The van der Waals surface area contributed by atoms with Crippen molar-refractivity contribution in [1.82, 2.24) is 4.98 Å². The van der Waals surface area contributed by atoms with Crippen LogP contribution in [0.25, 0.3) is 0 Å². The first-order chi connectivity index (χ1) is 4.20. The van der Waals surface area contributed by atoms with E-state index >= 15 is 0 Å². The highest BCUT2D eigenvalue weighted by Gasteiger charge is 1.93. The van der Waals surface area contributed by atoms with Crippen LogP contribution in [0.4, 0.5) is 5.82 Å². The predicted molar refractivity (Wildman–Crippen MR) is 43.6 cm³/mol. The van der Waals surface area contributed by atoms with Gasteiger partial charge in [0.05, 0.1) is 0 Å². The van der Waals surface area contributed by atoms with Crippen molar-refractivity contribution in [3.8, 4) is 0 Å². The molecule has 0 aliphatic heterocycles. The third kappa shape index (κ3) is 1.59. The molecule has 2 nitrogen and oxygen atoms in total. The third-order valence-electron chi connectivity index (χ3n) is 0.856. The molecule has 0 bridgehead atoms. The van der Waals surface area contributed by atoms with Crippen LogP contribution < -0.4 is 5.73 Å². The SMILES string of the molecule is Nc1cc(S)c(Br)cn1. The van der Waals surface area contributed by atoms with E-state index in [1.807, 2.05) is 0 Å². The molecule has 9 heavy (non-hydrogen) atoms. The van der Waals surface area contributed by atoms with E-state index in [0.717, 1.165) is 9.37 Å². The molecule has 4 heteroatoms. The van der Waals surface area contributed by atoms with E-state index in [0.29, 0.717) is 5.82 Å². The molecule has 0 radical (unpaired) electrons. The number of pyridine rings is 1. The van der Waals surface area contributed by atoms with Crippen LogP contribution in [0.1, 0.15) is 0 Å². The van der Waals surface area contributed by atoms with Gasteiger partial charge in [0, 0.05) is 15.6 Å². The molecule has 0 atom stereocenters. The average Bonchev–Trinajstić information content (AvgIpc) is 1.80. The maximum absolute atomic E-state index is 5.35. The number of nitrogens with two attached hydrogens (primary N) is 1. The van der Waals surface area contributed by atoms with Crippen LogP contribution in [-0.2, 0) is 0 Å². The fourth-order valence-electron chi connectivity index (χ4n) is 0.444. The fraction of sp³-hybridized carbons (Fsp3) is 0. The van der Waals surface area contributed by atoms with Crippen LogP contribution >= 0.6 is 28.6 Å². The van der Waals surface area contributed by atoms with Crippen molar-refractivity contribution in [2.45, 2.75) is 4.90 Å². The Balaban J connectivity index is 3.17. The van der Waals surface area contributed by atoms with E-state index in [4.69, 9.17) is 5.73 Å². The van der Waals surface area contributed by atoms with Gasteiger partial charge in [-0.15, -0.1) is 12.6 Å². The molecule has 1 heterocycles. The molecule has 48 valence electrons. The summed E-state index contributed by atoms with van der Waals surface area (Å²) in [5.74, 6) is 0.489. The summed E-state index contributed by atoms with van der Waals surface area (Å²) in [7, 11) is 0. The summed E-state index contributed by atoms with van der Waals surface area (Å²) in [6.45, 7) is 0. The van der Waals surface area contributed by atoms with Crippen LogP contribution in [0.3, 0.4) is 0 Å². The Bertz CT molecular complexity index is 226. The number of halogens is 1. The van der Waals surface area contributed by atoms with Gasteiger partial charge in [-0.2, -0.15) is 0 Å². The molecule has 0 aromatic carbocycles. The first-order valence-electron chi connectivity index (χ1n) is 2.30. The Morgan fingerprint density at radius 2 is 2.33 bits per heavy atom. The fourth-order valence-corrected chi connectivity index (χ4v) is 0.850. The third-order valence-corrected chi connectivity index (χ3v) is 2.16. The van der Waals surface area contributed by atoms with E-state index in [1.54, 1.807) is 12.3 Å². The van der Waals surface area contributed by atoms with Crippen LogP contribution in [0.15, 0.2) is 21.6 Å². The molecule has 1 aromatic rings. The molecule has 1 rings (SSSR count). The van der Waals surface area contributed by atoms with Gasteiger partial charge in [-0.05, 0) is 22.0 Å². The highest BCUT2D eigenvalue weighted by atomic mass is 79.9. The van der Waals surface area contributed by atoms with E-state index in [1.165, 1.54) is 0 Å². The quantitative estimate of drug-likeness (QED) is 0.633. The Morgan fingerprint density at radius 3 is 2.78 bits per heavy atom. The van der Waals surface area contributed by atoms with Crippen molar-refractivity contribution in [2.75, 3.05) is 5.73 Å². The van der Waals surface area contributed by atoms with Crippen LogP contribution in [0, 0.1) is 0 Å². The maximum Gasteiger partial charge on any atom is 0.124 e. The van der Waals surface area contributed by atoms with E-state index in [2.05, 4.69) is 33.5 Å². The molecule has 1 aromatic heterocycles. The predicted octanol–water partition coefficient (Wildman–Crippen LogP) is 1.71. The normalized spacial score (nSPS) is 9.56. The number of rotatable bonds is 0. The highest BCUT2D eigenvalue weighted by Crippen LogP contribution is 2.19. The molecule has 0 aliphatic rings. The van der Waals surface area contributed by atoms with Crippen molar-refractivity contribution >= 4 is 34.4 Å². The summed E-state index contributed by atoms with van der Waals surface area (Å²) >= 11 is 7.34. The van der Waals surface area contributed by atoms with Gasteiger partial charge in [-0.3, -0.25) is 0 Å². The van der Waals surface area contributed by atoms with Gasteiger partial charge in [0.2, 0.25) is 0 Å². The molecule has 2 N–H and O–H groups in total. The number of anilines is 1. The average molecular weight is 205 g/mol. The second-order valence-electron chi connectivity index (χ2n) is 1.56. The number of nitrogen functional groups attached to an aromatic ring is 1. The van der Waals surface area contributed by atoms with Gasteiger partial charge in [0.1, 0.15) is 5.82 Å². The minimum absolute atomic E-state index is 0.489. The Morgan fingerprint density at radius 1 is 1.67 bits per heavy atom. The first-order valence-corrected chi connectivity index (χ1v) is 3.54. The molecule has 0 fully saturated rings. The lowest BCUT2D eigenvalue weighted by molar-refractivity contribution is 1.25. The molecule has 0 saturated heterocycles. The van der Waals surface area contributed by atoms with Gasteiger partial charge in [-0.1, -0.05) is 0 Å². The molecule has 0 saturated carbocycles. The second kappa shape index (κ2) is 2.58. The molecular formula is C5H5BrN2S. The molecule has 0 unspecified atom stereocenters. The number of nitrogens with zero attached hydrogens (tertiary/aromatic N) is 1. The van der Waals surface area contributed by atoms with Crippen LogP contribution in [0.2, 0.25) is 0 Å². The zero-order valence-corrected chi connectivity index (χ0v) is 6.98.